The third kappa shape index (κ3) is 3.33. The van der Waals surface area contributed by atoms with Gasteiger partial charge in [0.25, 0.3) is 5.56 Å². The molecule has 2 rings (SSSR count). The molecule has 0 fully saturated rings. The summed E-state index contributed by atoms with van der Waals surface area (Å²) in [6, 6.07) is 10.4. The number of aryl methyl sites for hydroxylation is 1. The Balaban J connectivity index is 2.30. The lowest BCUT2D eigenvalue weighted by Crippen LogP contribution is -2.13. The summed E-state index contributed by atoms with van der Waals surface area (Å²) in [6.45, 7) is 1.57. The van der Waals surface area contributed by atoms with E-state index in [0.29, 0.717) is 17.0 Å². The maximum absolute atomic E-state index is 11.8. The fourth-order valence-electron chi connectivity index (χ4n) is 1.96. The molecule has 0 radical (unpaired) electrons. The number of hydrogen-bond donors (Lipinski definition) is 1. The van der Waals surface area contributed by atoms with Crippen LogP contribution in [0.4, 0.5) is 0 Å². The molecule has 1 aromatic heterocycles. The van der Waals surface area contributed by atoms with Crippen molar-refractivity contribution >= 4 is 5.97 Å². The van der Waals surface area contributed by atoms with Crippen molar-refractivity contribution in [2.24, 2.45) is 0 Å². The summed E-state index contributed by atoms with van der Waals surface area (Å²) in [6.07, 6.45) is 0. The summed E-state index contributed by atoms with van der Waals surface area (Å²) in [5, 5.41) is 9.13. The van der Waals surface area contributed by atoms with E-state index >= 15 is 0 Å². The molecule has 0 spiro atoms. The fourth-order valence-corrected chi connectivity index (χ4v) is 1.96. The van der Waals surface area contributed by atoms with E-state index in [0.717, 1.165) is 5.56 Å². The van der Waals surface area contributed by atoms with Gasteiger partial charge in [-0.1, -0.05) is 12.1 Å². The van der Waals surface area contributed by atoms with E-state index in [-0.39, 0.29) is 12.2 Å². The van der Waals surface area contributed by atoms with Crippen LogP contribution in [0.3, 0.4) is 0 Å². The molecule has 0 aliphatic carbocycles. The molecule has 22 heavy (non-hydrogen) atoms. The number of ether oxygens (including phenoxy) is 2. The van der Waals surface area contributed by atoms with E-state index in [9.17, 15) is 9.59 Å². The van der Waals surface area contributed by atoms with Crippen molar-refractivity contribution in [1.29, 1.82) is 5.26 Å². The van der Waals surface area contributed by atoms with Gasteiger partial charge in [0, 0.05) is 11.3 Å². The van der Waals surface area contributed by atoms with Gasteiger partial charge in [-0.3, -0.25) is 4.79 Å². The van der Waals surface area contributed by atoms with Crippen LogP contribution in [0, 0.1) is 18.3 Å². The normalized spacial score (nSPS) is 9.86. The molecule has 112 valence electrons. The number of nitriles is 1. The lowest BCUT2D eigenvalue weighted by atomic mass is 10.0. The summed E-state index contributed by atoms with van der Waals surface area (Å²) < 4.78 is 9.73. The number of hydrogen-bond acceptors (Lipinski definition) is 5. The van der Waals surface area contributed by atoms with Crippen LogP contribution in [0.15, 0.2) is 35.1 Å². The summed E-state index contributed by atoms with van der Waals surface area (Å²) in [7, 11) is 1.29. The van der Waals surface area contributed by atoms with E-state index < -0.39 is 11.5 Å². The van der Waals surface area contributed by atoms with Gasteiger partial charge < -0.3 is 14.5 Å². The topological polar surface area (TPSA) is 92.2 Å². The Morgan fingerprint density at radius 2 is 2.00 bits per heavy atom. The molecule has 1 aromatic carbocycles. The van der Waals surface area contributed by atoms with E-state index in [4.69, 9.17) is 10.00 Å². The standard InChI is InChI=1S/C16H14N2O4/c1-10-7-13(14(8-17)16(20)18-10)11-3-5-12(6-4-11)22-9-15(19)21-2/h3-7H,9H2,1-2H3,(H,18,20). The zero-order chi connectivity index (χ0) is 16.1. The molecule has 0 atom stereocenters. The highest BCUT2D eigenvalue weighted by Crippen LogP contribution is 2.24. The first-order valence-electron chi connectivity index (χ1n) is 6.49. The summed E-state index contributed by atoms with van der Waals surface area (Å²) >= 11 is 0. The number of pyridine rings is 1. The van der Waals surface area contributed by atoms with Gasteiger partial charge in [0.2, 0.25) is 0 Å². The molecule has 0 bridgehead atoms. The van der Waals surface area contributed by atoms with Gasteiger partial charge in [-0.25, -0.2) is 4.79 Å². The van der Waals surface area contributed by atoms with Gasteiger partial charge in [-0.15, -0.1) is 0 Å². The molecule has 0 saturated carbocycles. The number of nitrogens with one attached hydrogen (secondary N) is 1. The van der Waals surface area contributed by atoms with Crippen molar-refractivity contribution in [1.82, 2.24) is 4.98 Å². The molecule has 2 aromatic rings. The van der Waals surface area contributed by atoms with Crippen molar-refractivity contribution < 1.29 is 14.3 Å². The first-order chi connectivity index (χ1) is 10.5. The number of H-pyrrole nitrogens is 1. The Hall–Kier alpha value is -3.07. The van der Waals surface area contributed by atoms with E-state index in [2.05, 4.69) is 9.72 Å². The van der Waals surface area contributed by atoms with Crippen LogP contribution in [0.1, 0.15) is 11.3 Å². The highest BCUT2D eigenvalue weighted by molar-refractivity contribution is 5.72. The third-order valence-corrected chi connectivity index (χ3v) is 3.03. The fraction of sp³-hybridized carbons (Fsp3) is 0.188. The van der Waals surface area contributed by atoms with Gasteiger partial charge in [-0.05, 0) is 30.7 Å². The minimum Gasteiger partial charge on any atom is -0.482 e. The Bertz CT molecular complexity index is 785. The lowest BCUT2D eigenvalue weighted by molar-refractivity contribution is -0.142. The Kier molecular flexibility index (Phi) is 4.59. The third-order valence-electron chi connectivity index (χ3n) is 3.03. The van der Waals surface area contributed by atoms with Crippen LogP contribution in [-0.4, -0.2) is 24.7 Å². The maximum atomic E-state index is 11.8. The average molecular weight is 298 g/mol. The average Bonchev–Trinajstić information content (AvgIpc) is 2.52. The van der Waals surface area contributed by atoms with Crippen LogP contribution in [-0.2, 0) is 9.53 Å². The van der Waals surface area contributed by atoms with Crippen molar-refractivity contribution in [3.63, 3.8) is 0 Å². The number of esters is 1. The molecule has 0 saturated heterocycles. The lowest BCUT2D eigenvalue weighted by Gasteiger charge is -2.08. The molecule has 6 heteroatoms. The van der Waals surface area contributed by atoms with E-state index in [1.165, 1.54) is 7.11 Å². The van der Waals surface area contributed by atoms with Crippen LogP contribution >= 0.6 is 0 Å². The van der Waals surface area contributed by atoms with Crippen LogP contribution in [0.25, 0.3) is 11.1 Å². The highest BCUT2D eigenvalue weighted by atomic mass is 16.6. The Morgan fingerprint density at radius 3 is 2.59 bits per heavy atom. The summed E-state index contributed by atoms with van der Waals surface area (Å²) in [5.74, 6) is 0.0234. The monoisotopic (exact) mass is 298 g/mol. The van der Waals surface area contributed by atoms with Crippen LogP contribution in [0.2, 0.25) is 0 Å². The largest absolute Gasteiger partial charge is 0.482 e. The van der Waals surface area contributed by atoms with Crippen molar-refractivity contribution in [2.45, 2.75) is 6.92 Å². The first-order valence-corrected chi connectivity index (χ1v) is 6.49. The summed E-state index contributed by atoms with van der Waals surface area (Å²) in [4.78, 5) is 25.4. The maximum Gasteiger partial charge on any atom is 0.343 e. The number of aromatic amines is 1. The van der Waals surface area contributed by atoms with Crippen LogP contribution < -0.4 is 10.3 Å². The number of rotatable bonds is 4. The van der Waals surface area contributed by atoms with Gasteiger partial charge in [-0.2, -0.15) is 5.26 Å². The minimum atomic E-state index is -0.471. The summed E-state index contributed by atoms with van der Waals surface area (Å²) in [5.41, 5.74) is 1.60. The number of methoxy groups -OCH3 is 1. The molecule has 0 amide bonds. The SMILES string of the molecule is COC(=O)COc1ccc(-c2cc(C)[nH]c(=O)c2C#N)cc1. The molecule has 1 N–H and O–H groups in total. The zero-order valence-electron chi connectivity index (χ0n) is 12.2. The second kappa shape index (κ2) is 6.59. The smallest absolute Gasteiger partial charge is 0.343 e. The van der Waals surface area contributed by atoms with Crippen molar-refractivity contribution in [3.05, 3.63) is 51.9 Å². The van der Waals surface area contributed by atoms with E-state index in [1.54, 1.807) is 37.3 Å². The van der Waals surface area contributed by atoms with Crippen molar-refractivity contribution in [2.75, 3.05) is 13.7 Å². The van der Waals surface area contributed by atoms with E-state index in [1.807, 2.05) is 6.07 Å². The van der Waals surface area contributed by atoms with Gasteiger partial charge in [0.15, 0.2) is 6.61 Å². The molecule has 0 unspecified atom stereocenters. The first kappa shape index (κ1) is 15.3. The number of carbonyl (C=O) groups excluding carboxylic acids is 1. The number of benzene rings is 1. The molecular weight excluding hydrogens is 284 g/mol. The number of nitrogens with zero attached hydrogens (tertiary/aromatic N) is 1. The highest BCUT2D eigenvalue weighted by Gasteiger charge is 2.10. The van der Waals surface area contributed by atoms with Gasteiger partial charge >= 0.3 is 5.97 Å². The Labute approximate surface area is 126 Å². The predicted octanol–water partition coefficient (Wildman–Crippen LogP) is 1.77. The molecule has 0 aliphatic rings. The molecule has 6 nitrogen and oxygen atoms in total. The van der Waals surface area contributed by atoms with Gasteiger partial charge in [0.05, 0.1) is 7.11 Å². The van der Waals surface area contributed by atoms with Gasteiger partial charge in [0.1, 0.15) is 17.4 Å². The second-order valence-corrected chi connectivity index (χ2v) is 4.57. The molecule has 1 heterocycles. The van der Waals surface area contributed by atoms with Crippen molar-refractivity contribution in [3.8, 4) is 22.9 Å². The number of carbonyl (C=O) groups is 1. The number of aromatic nitrogens is 1. The molecular formula is C16H14N2O4. The zero-order valence-corrected chi connectivity index (χ0v) is 12.2. The predicted molar refractivity (Wildman–Crippen MR) is 79.5 cm³/mol. The molecule has 0 aliphatic heterocycles. The second-order valence-electron chi connectivity index (χ2n) is 4.57. The Morgan fingerprint density at radius 1 is 1.32 bits per heavy atom. The quantitative estimate of drug-likeness (QED) is 0.868. The minimum absolute atomic E-state index is 0.0637. The van der Waals surface area contributed by atoms with Crippen LogP contribution in [0.5, 0.6) is 5.75 Å².